The molecule has 5 aromatic rings. The Kier molecular flexibility index (Phi) is 10.2. The van der Waals surface area contributed by atoms with Crippen LogP contribution in [0, 0.1) is 0 Å². The van der Waals surface area contributed by atoms with Gasteiger partial charge in [-0.15, -0.1) is 0 Å². The van der Waals surface area contributed by atoms with E-state index in [2.05, 4.69) is 132 Å². The molecule has 0 radical (unpaired) electrons. The maximum Gasteiger partial charge on any atom is 0.333 e. The summed E-state index contributed by atoms with van der Waals surface area (Å²) < 4.78 is 24.9. The highest BCUT2D eigenvalue weighted by Crippen LogP contribution is 2.59. The minimum absolute atomic E-state index is 0.194. The molecule has 0 spiro atoms. The van der Waals surface area contributed by atoms with Crippen LogP contribution in [0.15, 0.2) is 109 Å². The summed E-state index contributed by atoms with van der Waals surface area (Å²) in [4.78, 5) is 31.9. The highest BCUT2D eigenvalue weighted by Gasteiger charge is 2.45. The number of morpholine rings is 1. The summed E-state index contributed by atoms with van der Waals surface area (Å²) in [5.41, 5.74) is 15.0. The average Bonchev–Trinajstić information content (AvgIpc) is 3.52. The van der Waals surface area contributed by atoms with Crippen molar-refractivity contribution in [3.05, 3.63) is 137 Å². The Bertz CT molecular complexity index is 2530. The number of carbonyl (C=O) groups excluding carboxylic acids is 2. The van der Waals surface area contributed by atoms with E-state index >= 15 is 0 Å². The highest BCUT2D eigenvalue weighted by molar-refractivity contribution is 6.10. The van der Waals surface area contributed by atoms with Crippen LogP contribution in [0.5, 0.6) is 11.5 Å². The van der Waals surface area contributed by atoms with Gasteiger partial charge >= 0.3 is 5.97 Å². The topological polar surface area (TPSA) is 107 Å². The summed E-state index contributed by atoms with van der Waals surface area (Å²) in [6.07, 6.45) is 4.49. The number of carbonyl (C=O) groups is 2. The van der Waals surface area contributed by atoms with Crippen molar-refractivity contribution in [2.45, 2.75) is 37.8 Å². The summed E-state index contributed by atoms with van der Waals surface area (Å²) in [6, 6.07) is 31.4. The van der Waals surface area contributed by atoms with Gasteiger partial charge in [-0.1, -0.05) is 93.2 Å². The van der Waals surface area contributed by atoms with E-state index in [-0.39, 0.29) is 12.0 Å². The fraction of sp³-hybridized carbons (Fsp3) is 0.320. The third-order valence-corrected chi connectivity index (χ3v) is 12.8. The number of nitrogens with zero attached hydrogens (tertiary/aromatic N) is 3. The molecule has 2 atom stereocenters. The summed E-state index contributed by atoms with van der Waals surface area (Å²) >= 11 is 0. The monoisotopic (exact) mass is 804 g/mol. The number of rotatable bonds is 10. The van der Waals surface area contributed by atoms with Crippen LogP contribution < -0.4 is 25.0 Å². The molecule has 0 saturated carbocycles. The van der Waals surface area contributed by atoms with Crippen molar-refractivity contribution in [1.29, 1.82) is 0 Å². The first kappa shape index (κ1) is 39.4. The number of benzene rings is 5. The first-order valence-corrected chi connectivity index (χ1v) is 20.8. The molecule has 4 aliphatic rings. The molecule has 2 unspecified atom stereocenters. The van der Waals surface area contributed by atoms with Gasteiger partial charge in [-0.2, -0.15) is 0 Å². The van der Waals surface area contributed by atoms with Gasteiger partial charge in [0.05, 0.1) is 26.0 Å². The SMILES string of the molecule is C=C(C)C(=O)OCCN1CCN(c2cc3c4c(c5c(c3cc2OC)OC(c2ccccc2)(c2ccc(N3CCOCC3)cc2)C=C5)C(C)(C)c2ccccc2-4)C(C(N)=O)C1. The minimum Gasteiger partial charge on any atom is -0.495 e. The van der Waals surface area contributed by atoms with Crippen molar-refractivity contribution >= 4 is 40.1 Å². The largest absolute Gasteiger partial charge is 0.495 e. The standard InChI is InChI=1S/C50H52N4O6/c1-32(2)48(56)59-28-23-52-21-22-54(42(31-52)47(51)55)41-29-38-39(30-43(41)57-5)46-37(45-44(38)36-13-9-10-14-40(36)49(45,3)4)19-20-50(60-46,33-11-7-6-8-12-33)34-15-17-35(18-16-34)53-24-26-58-27-25-53/h6-20,29-30,42H,1,21-28,31H2,2-5H3,(H2,51,55). The van der Waals surface area contributed by atoms with E-state index in [0.717, 1.165) is 76.5 Å². The highest BCUT2D eigenvalue weighted by atomic mass is 16.5. The Labute approximate surface area is 351 Å². The fourth-order valence-corrected chi connectivity index (χ4v) is 9.72. The summed E-state index contributed by atoms with van der Waals surface area (Å²) in [6.45, 7) is 15.2. The molecule has 0 bridgehead atoms. The number of ether oxygens (including phenoxy) is 4. The quantitative estimate of drug-likeness (QED) is 0.114. The van der Waals surface area contributed by atoms with E-state index < -0.39 is 23.5 Å². The first-order chi connectivity index (χ1) is 29.0. The zero-order valence-electron chi connectivity index (χ0n) is 34.8. The van der Waals surface area contributed by atoms with Gasteiger partial charge in [0.1, 0.15) is 24.1 Å². The predicted octanol–water partition coefficient (Wildman–Crippen LogP) is 7.44. The lowest BCUT2D eigenvalue weighted by atomic mass is 9.76. The van der Waals surface area contributed by atoms with E-state index in [4.69, 9.17) is 24.7 Å². The van der Waals surface area contributed by atoms with Gasteiger partial charge in [0.15, 0.2) is 5.60 Å². The van der Waals surface area contributed by atoms with Gasteiger partial charge < -0.3 is 34.5 Å². The van der Waals surface area contributed by atoms with Crippen LogP contribution in [0.3, 0.4) is 0 Å². The Hall–Kier alpha value is -6.10. The number of methoxy groups -OCH3 is 1. The van der Waals surface area contributed by atoms with Crippen LogP contribution in [0.1, 0.15) is 48.6 Å². The molecule has 1 amide bonds. The number of primary amides is 1. The molecule has 2 saturated heterocycles. The maximum atomic E-state index is 13.3. The van der Waals surface area contributed by atoms with E-state index in [1.165, 1.54) is 16.7 Å². The molecule has 1 aliphatic carbocycles. The van der Waals surface area contributed by atoms with Crippen LogP contribution >= 0.6 is 0 Å². The Morgan fingerprint density at radius 2 is 1.62 bits per heavy atom. The average molecular weight is 805 g/mol. The normalized spacial score (nSPS) is 20.5. The third-order valence-electron chi connectivity index (χ3n) is 12.8. The Balaban J connectivity index is 1.19. The minimum atomic E-state index is -0.938. The van der Waals surface area contributed by atoms with Gasteiger partial charge in [0, 0.05) is 78.0 Å². The van der Waals surface area contributed by atoms with E-state index in [1.807, 2.05) is 6.07 Å². The van der Waals surface area contributed by atoms with Gasteiger partial charge in [-0.05, 0) is 64.9 Å². The molecule has 308 valence electrons. The number of esters is 1. The number of piperazine rings is 1. The molecular formula is C50H52N4O6. The lowest BCUT2D eigenvalue weighted by Gasteiger charge is -2.42. The number of hydrogen-bond donors (Lipinski definition) is 1. The Morgan fingerprint density at radius 3 is 2.33 bits per heavy atom. The van der Waals surface area contributed by atoms with E-state index in [1.54, 1.807) is 14.0 Å². The second-order valence-corrected chi connectivity index (χ2v) is 16.7. The van der Waals surface area contributed by atoms with Crippen molar-refractivity contribution in [2.75, 3.05) is 76.0 Å². The van der Waals surface area contributed by atoms with Crippen molar-refractivity contribution in [2.24, 2.45) is 5.73 Å². The van der Waals surface area contributed by atoms with Crippen molar-refractivity contribution < 1.29 is 28.5 Å². The summed E-state index contributed by atoms with van der Waals surface area (Å²) in [5.74, 6) is 0.522. The molecule has 10 nitrogen and oxygen atoms in total. The first-order valence-electron chi connectivity index (χ1n) is 20.8. The van der Waals surface area contributed by atoms with Crippen molar-refractivity contribution in [3.63, 3.8) is 0 Å². The lowest BCUT2D eigenvalue weighted by Crippen LogP contribution is -2.59. The Morgan fingerprint density at radius 1 is 0.900 bits per heavy atom. The summed E-state index contributed by atoms with van der Waals surface area (Å²) in [7, 11) is 1.67. The van der Waals surface area contributed by atoms with Crippen LogP contribution in [0.4, 0.5) is 11.4 Å². The third kappa shape index (κ3) is 6.58. The zero-order valence-corrected chi connectivity index (χ0v) is 34.8. The molecule has 9 rings (SSSR count). The van der Waals surface area contributed by atoms with Gasteiger partial charge in [0.25, 0.3) is 0 Å². The number of nitrogens with two attached hydrogens (primary N) is 1. The zero-order chi connectivity index (χ0) is 41.8. The smallest absolute Gasteiger partial charge is 0.333 e. The molecule has 60 heavy (non-hydrogen) atoms. The van der Waals surface area contributed by atoms with Gasteiger partial charge in [0.2, 0.25) is 5.91 Å². The molecule has 3 heterocycles. The molecular weight excluding hydrogens is 753 g/mol. The van der Waals surface area contributed by atoms with Crippen LogP contribution in [0.2, 0.25) is 0 Å². The predicted molar refractivity (Wildman–Crippen MR) is 237 cm³/mol. The van der Waals surface area contributed by atoms with Crippen LogP contribution in [0.25, 0.3) is 28.0 Å². The molecule has 3 aliphatic heterocycles. The fourth-order valence-electron chi connectivity index (χ4n) is 9.72. The van der Waals surface area contributed by atoms with E-state index in [0.29, 0.717) is 37.5 Å². The molecule has 0 aromatic heterocycles. The van der Waals surface area contributed by atoms with Crippen molar-refractivity contribution in [1.82, 2.24) is 4.90 Å². The molecule has 2 N–H and O–H groups in total. The lowest BCUT2D eigenvalue weighted by molar-refractivity contribution is -0.139. The molecule has 10 heteroatoms. The number of fused-ring (bicyclic) bond motifs is 8. The van der Waals surface area contributed by atoms with Crippen LogP contribution in [-0.4, -0.2) is 89.0 Å². The summed E-state index contributed by atoms with van der Waals surface area (Å²) in [5, 5.41) is 1.93. The van der Waals surface area contributed by atoms with Crippen LogP contribution in [-0.2, 0) is 30.1 Å². The molecule has 5 aromatic carbocycles. The van der Waals surface area contributed by atoms with Gasteiger partial charge in [-0.25, -0.2) is 4.79 Å². The van der Waals surface area contributed by atoms with E-state index in [9.17, 15) is 9.59 Å². The maximum absolute atomic E-state index is 13.3. The number of amides is 1. The molecule has 2 fully saturated rings. The van der Waals surface area contributed by atoms with Crippen molar-refractivity contribution in [3.8, 4) is 22.6 Å². The second-order valence-electron chi connectivity index (χ2n) is 16.7. The number of anilines is 2. The second kappa shape index (κ2) is 15.5. The number of hydrogen-bond acceptors (Lipinski definition) is 9. The van der Waals surface area contributed by atoms with Gasteiger partial charge in [-0.3, -0.25) is 9.69 Å².